The largest absolute Gasteiger partial charge is 0.467 e. The quantitative estimate of drug-likeness (QED) is 0.471. The molecule has 188 valence electrons. The lowest BCUT2D eigenvalue weighted by molar-refractivity contribution is -0.148. The van der Waals surface area contributed by atoms with E-state index in [2.05, 4.69) is 41.0 Å². The van der Waals surface area contributed by atoms with Crippen LogP contribution in [0.4, 0.5) is 4.39 Å². The van der Waals surface area contributed by atoms with Gasteiger partial charge in [0.05, 0.1) is 19.5 Å². The van der Waals surface area contributed by atoms with Gasteiger partial charge in [0.25, 0.3) is 0 Å². The van der Waals surface area contributed by atoms with Gasteiger partial charge in [-0.15, -0.1) is 0 Å². The van der Waals surface area contributed by atoms with Gasteiger partial charge < -0.3 is 14.5 Å². The number of benzene rings is 2. The summed E-state index contributed by atoms with van der Waals surface area (Å²) in [4.78, 5) is 21.9. The van der Waals surface area contributed by atoms with Crippen LogP contribution in [-0.4, -0.2) is 54.9 Å². The molecule has 2 aromatic rings. The maximum atomic E-state index is 13.5. The molecule has 0 amide bonds. The average molecular weight is 480 g/mol. The maximum Gasteiger partial charge on any atom is 0.335 e. The van der Waals surface area contributed by atoms with E-state index in [1.165, 1.54) is 18.2 Å². The van der Waals surface area contributed by atoms with Crippen molar-refractivity contribution in [3.8, 4) is 0 Å². The molecule has 1 aliphatic heterocycles. The molecule has 1 fully saturated rings. The molecule has 2 aliphatic rings. The lowest BCUT2D eigenvalue weighted by Crippen LogP contribution is -2.50. The number of carbonyl (C=O) groups excluding carboxylic acids is 1. The van der Waals surface area contributed by atoms with Gasteiger partial charge in [0.2, 0.25) is 0 Å². The van der Waals surface area contributed by atoms with E-state index in [-0.39, 0.29) is 23.9 Å². The van der Waals surface area contributed by atoms with E-state index in [0.717, 1.165) is 38.6 Å². The first-order chi connectivity index (χ1) is 16.8. The van der Waals surface area contributed by atoms with E-state index >= 15 is 0 Å². The molecular weight excluding hydrogens is 441 g/mol. The van der Waals surface area contributed by atoms with Crippen LogP contribution in [0, 0.1) is 17.7 Å². The summed E-state index contributed by atoms with van der Waals surface area (Å²) in [5, 5.41) is 0. The van der Waals surface area contributed by atoms with Gasteiger partial charge in [-0.05, 0) is 75.4 Å². The number of hydrogen-bond acceptors (Lipinski definition) is 5. The van der Waals surface area contributed by atoms with Crippen molar-refractivity contribution < 1.29 is 13.9 Å². The second-order valence-corrected chi connectivity index (χ2v) is 10.5. The van der Waals surface area contributed by atoms with E-state index < -0.39 is 5.54 Å². The smallest absolute Gasteiger partial charge is 0.335 e. The zero-order valence-electron chi connectivity index (χ0n) is 21.4. The minimum atomic E-state index is -0.888. The Balaban J connectivity index is 1.45. The van der Waals surface area contributed by atoms with Crippen LogP contribution in [0.1, 0.15) is 56.2 Å². The Labute approximate surface area is 209 Å². The molecule has 2 aromatic carbocycles. The van der Waals surface area contributed by atoms with Gasteiger partial charge in [-0.3, -0.25) is 4.99 Å². The Morgan fingerprint density at radius 1 is 1.11 bits per heavy atom. The number of halogens is 1. The first-order valence-electron chi connectivity index (χ1n) is 12.7. The van der Waals surface area contributed by atoms with Gasteiger partial charge in [-0.1, -0.05) is 55.3 Å². The summed E-state index contributed by atoms with van der Waals surface area (Å²) in [6.07, 6.45) is 7.22. The fourth-order valence-corrected chi connectivity index (χ4v) is 6.10. The lowest BCUT2D eigenvalue weighted by Gasteiger charge is -2.40. The first-order valence-corrected chi connectivity index (χ1v) is 12.7. The van der Waals surface area contributed by atoms with Crippen LogP contribution < -0.4 is 0 Å². The topological polar surface area (TPSA) is 45.1 Å². The van der Waals surface area contributed by atoms with Crippen molar-refractivity contribution in [2.24, 2.45) is 16.8 Å². The Morgan fingerprint density at radius 3 is 2.37 bits per heavy atom. The number of hydrogen-bond donors (Lipinski definition) is 0. The molecule has 1 saturated carbocycles. The van der Waals surface area contributed by atoms with Crippen molar-refractivity contribution >= 4 is 12.3 Å². The minimum absolute atomic E-state index is 0.0292. The molecule has 6 heteroatoms. The molecule has 1 heterocycles. The number of esters is 1. The SMILES string of the molecule is COC(=O)C1(C)N=CN(Cc2ccccc2)C1CC1CCC(C(c2ccc(F)cc2)N(C)C)CC1. The Morgan fingerprint density at radius 2 is 1.77 bits per heavy atom. The molecular formula is C29H38FN3O2. The number of aliphatic imine (C=N–C) groups is 1. The molecule has 5 nitrogen and oxygen atoms in total. The molecule has 0 N–H and O–H groups in total. The highest BCUT2D eigenvalue weighted by Crippen LogP contribution is 2.43. The standard InChI is InChI=1S/C29H38FN3O2/c1-29(28(34)35-4)26(33(20-31-29)19-22-8-6-5-7-9-22)18-21-10-12-23(13-11-21)27(32(2)3)24-14-16-25(30)17-15-24/h5-9,14-17,20-21,23,26-27H,10-13,18-19H2,1-4H3. The highest BCUT2D eigenvalue weighted by molar-refractivity contribution is 5.86. The zero-order valence-corrected chi connectivity index (χ0v) is 21.4. The van der Waals surface area contributed by atoms with Crippen LogP contribution in [-0.2, 0) is 16.1 Å². The molecule has 0 aromatic heterocycles. The molecule has 3 unspecified atom stereocenters. The van der Waals surface area contributed by atoms with E-state index in [0.29, 0.717) is 11.8 Å². The summed E-state index contributed by atoms with van der Waals surface area (Å²) in [5.41, 5.74) is 1.49. The minimum Gasteiger partial charge on any atom is -0.467 e. The number of carbonyl (C=O) groups is 1. The van der Waals surface area contributed by atoms with Gasteiger partial charge in [-0.25, -0.2) is 9.18 Å². The Kier molecular flexibility index (Phi) is 7.90. The molecule has 4 rings (SSSR count). The second-order valence-electron chi connectivity index (χ2n) is 10.5. The van der Waals surface area contributed by atoms with Crippen LogP contribution >= 0.6 is 0 Å². The number of rotatable bonds is 8. The van der Waals surface area contributed by atoms with E-state index in [1.807, 2.05) is 43.6 Å². The third-order valence-corrected chi connectivity index (χ3v) is 7.99. The van der Waals surface area contributed by atoms with E-state index in [4.69, 9.17) is 4.74 Å². The summed E-state index contributed by atoms with van der Waals surface area (Å²) in [6.45, 7) is 2.64. The normalized spacial score (nSPS) is 27.3. The summed E-state index contributed by atoms with van der Waals surface area (Å²) in [7, 11) is 5.67. The molecule has 1 aliphatic carbocycles. The summed E-state index contributed by atoms with van der Waals surface area (Å²) < 4.78 is 18.7. The highest BCUT2D eigenvalue weighted by atomic mass is 19.1. The van der Waals surface area contributed by atoms with Crippen molar-refractivity contribution in [1.82, 2.24) is 9.80 Å². The highest BCUT2D eigenvalue weighted by Gasteiger charge is 2.49. The molecule has 0 spiro atoms. The molecule has 0 bridgehead atoms. The summed E-state index contributed by atoms with van der Waals surface area (Å²) in [5.74, 6) is 0.588. The van der Waals surface area contributed by atoms with Crippen LogP contribution in [0.2, 0.25) is 0 Å². The lowest BCUT2D eigenvalue weighted by atomic mass is 9.73. The predicted octanol–water partition coefficient (Wildman–Crippen LogP) is 5.47. The van der Waals surface area contributed by atoms with E-state index in [9.17, 15) is 9.18 Å². The molecule has 35 heavy (non-hydrogen) atoms. The third-order valence-electron chi connectivity index (χ3n) is 7.99. The van der Waals surface area contributed by atoms with Crippen molar-refractivity contribution in [3.63, 3.8) is 0 Å². The molecule has 0 radical (unpaired) electrons. The van der Waals surface area contributed by atoms with Crippen molar-refractivity contribution in [2.45, 2.75) is 63.2 Å². The van der Waals surface area contributed by atoms with Gasteiger partial charge in [0.1, 0.15) is 5.82 Å². The van der Waals surface area contributed by atoms with Crippen molar-refractivity contribution in [2.75, 3.05) is 21.2 Å². The fraction of sp³-hybridized carbons (Fsp3) is 0.517. The molecule has 0 saturated heterocycles. The number of nitrogens with zero attached hydrogens (tertiary/aromatic N) is 3. The van der Waals surface area contributed by atoms with Crippen molar-refractivity contribution in [3.05, 3.63) is 71.5 Å². The third kappa shape index (κ3) is 5.58. The molecule has 3 atom stereocenters. The van der Waals surface area contributed by atoms with Crippen LogP contribution in [0.15, 0.2) is 59.6 Å². The van der Waals surface area contributed by atoms with Crippen LogP contribution in [0.3, 0.4) is 0 Å². The second kappa shape index (κ2) is 10.9. The predicted molar refractivity (Wildman–Crippen MR) is 138 cm³/mol. The fourth-order valence-electron chi connectivity index (χ4n) is 6.10. The van der Waals surface area contributed by atoms with Gasteiger partial charge in [0.15, 0.2) is 5.54 Å². The van der Waals surface area contributed by atoms with Gasteiger partial charge in [0, 0.05) is 12.6 Å². The van der Waals surface area contributed by atoms with E-state index in [1.54, 1.807) is 12.1 Å². The van der Waals surface area contributed by atoms with Crippen LogP contribution in [0.5, 0.6) is 0 Å². The van der Waals surface area contributed by atoms with Gasteiger partial charge >= 0.3 is 5.97 Å². The zero-order chi connectivity index (χ0) is 25.0. The monoisotopic (exact) mass is 479 g/mol. The Bertz CT molecular complexity index is 1000. The number of methoxy groups -OCH3 is 1. The Hall–Kier alpha value is -2.73. The van der Waals surface area contributed by atoms with Crippen LogP contribution in [0.25, 0.3) is 0 Å². The first kappa shape index (κ1) is 25.4. The number of ether oxygens (including phenoxy) is 1. The maximum absolute atomic E-state index is 13.5. The van der Waals surface area contributed by atoms with Crippen molar-refractivity contribution in [1.29, 1.82) is 0 Å². The van der Waals surface area contributed by atoms with Gasteiger partial charge in [-0.2, -0.15) is 0 Å². The summed E-state index contributed by atoms with van der Waals surface area (Å²) in [6, 6.07) is 17.5. The summed E-state index contributed by atoms with van der Waals surface area (Å²) >= 11 is 0. The average Bonchev–Trinajstić information content (AvgIpc) is 3.17.